The first-order chi connectivity index (χ1) is 12.5. The fourth-order valence-electron chi connectivity index (χ4n) is 2.61. The highest BCUT2D eigenvalue weighted by atomic mass is 35.5. The SMILES string of the molecule is Cc1csc2nc(CSCC(=O)NC(C)c3ccccc3Cl)cc(=O)n12. The quantitative estimate of drug-likeness (QED) is 0.674. The van der Waals surface area contributed by atoms with E-state index in [4.69, 9.17) is 11.6 Å². The number of aromatic nitrogens is 2. The predicted molar refractivity (Wildman–Crippen MR) is 108 cm³/mol. The summed E-state index contributed by atoms with van der Waals surface area (Å²) in [4.78, 5) is 29.5. The van der Waals surface area contributed by atoms with Crippen LogP contribution in [0.3, 0.4) is 0 Å². The van der Waals surface area contributed by atoms with Crippen LogP contribution in [0.2, 0.25) is 5.02 Å². The fourth-order valence-corrected chi connectivity index (χ4v) is 4.53. The highest BCUT2D eigenvalue weighted by Crippen LogP contribution is 2.22. The Hall–Kier alpha value is -1.83. The molecule has 0 aliphatic rings. The molecule has 26 heavy (non-hydrogen) atoms. The van der Waals surface area contributed by atoms with E-state index in [0.717, 1.165) is 11.3 Å². The van der Waals surface area contributed by atoms with Crippen LogP contribution in [0.1, 0.15) is 29.9 Å². The summed E-state index contributed by atoms with van der Waals surface area (Å²) in [5.41, 5.74) is 2.38. The molecule has 1 N–H and O–H groups in total. The lowest BCUT2D eigenvalue weighted by Crippen LogP contribution is -2.28. The van der Waals surface area contributed by atoms with Crippen LogP contribution in [0.15, 0.2) is 40.5 Å². The normalized spacial score (nSPS) is 12.3. The molecule has 8 heteroatoms. The van der Waals surface area contributed by atoms with Crippen molar-refractivity contribution in [3.05, 3.63) is 68.0 Å². The second-order valence-electron chi connectivity index (χ2n) is 5.88. The van der Waals surface area contributed by atoms with Gasteiger partial charge in [0.2, 0.25) is 5.91 Å². The molecule has 1 aromatic carbocycles. The topological polar surface area (TPSA) is 63.5 Å². The minimum atomic E-state index is -0.162. The first-order valence-electron chi connectivity index (χ1n) is 8.04. The average molecular weight is 408 g/mol. The summed E-state index contributed by atoms with van der Waals surface area (Å²) in [5.74, 6) is 0.725. The first-order valence-corrected chi connectivity index (χ1v) is 10.4. The van der Waals surface area contributed by atoms with Gasteiger partial charge in [-0.2, -0.15) is 0 Å². The zero-order valence-electron chi connectivity index (χ0n) is 14.4. The molecule has 5 nitrogen and oxygen atoms in total. The molecule has 2 heterocycles. The Balaban J connectivity index is 1.55. The number of carbonyl (C=O) groups excluding carboxylic acids is 1. The van der Waals surface area contributed by atoms with Gasteiger partial charge in [-0.1, -0.05) is 29.8 Å². The molecule has 0 fully saturated rings. The van der Waals surface area contributed by atoms with Crippen LogP contribution in [-0.2, 0) is 10.5 Å². The van der Waals surface area contributed by atoms with Crippen LogP contribution in [0.4, 0.5) is 0 Å². The summed E-state index contributed by atoms with van der Waals surface area (Å²) >= 11 is 9.02. The Morgan fingerprint density at radius 1 is 1.42 bits per heavy atom. The zero-order chi connectivity index (χ0) is 18.7. The van der Waals surface area contributed by atoms with Gasteiger partial charge < -0.3 is 5.32 Å². The molecule has 2 aromatic heterocycles. The van der Waals surface area contributed by atoms with Gasteiger partial charge in [-0.15, -0.1) is 23.1 Å². The van der Waals surface area contributed by atoms with Crippen molar-refractivity contribution in [2.24, 2.45) is 0 Å². The van der Waals surface area contributed by atoms with Gasteiger partial charge in [-0.05, 0) is 25.5 Å². The molecule has 0 saturated heterocycles. The van der Waals surface area contributed by atoms with Gasteiger partial charge in [0.05, 0.1) is 17.5 Å². The Kier molecular flexibility index (Phi) is 6.01. The second kappa shape index (κ2) is 8.24. The standard InChI is InChI=1S/C18H18ClN3O2S2/c1-11-8-26-18-21-13(7-17(24)22(11)18)9-25-10-16(23)20-12(2)14-5-3-4-6-15(14)19/h3-8,12H,9-10H2,1-2H3,(H,20,23). The Labute approximate surface area is 164 Å². The highest BCUT2D eigenvalue weighted by molar-refractivity contribution is 7.99. The number of thioether (sulfide) groups is 1. The van der Waals surface area contributed by atoms with Crippen LogP contribution in [0, 0.1) is 6.92 Å². The second-order valence-corrected chi connectivity index (χ2v) is 8.11. The maximum atomic E-state index is 12.2. The first kappa shape index (κ1) is 18.9. The largest absolute Gasteiger partial charge is 0.349 e. The number of halogens is 1. The van der Waals surface area contributed by atoms with Gasteiger partial charge in [0.25, 0.3) is 5.56 Å². The lowest BCUT2D eigenvalue weighted by molar-refractivity contribution is -0.119. The van der Waals surface area contributed by atoms with E-state index < -0.39 is 0 Å². The highest BCUT2D eigenvalue weighted by Gasteiger charge is 2.13. The van der Waals surface area contributed by atoms with Crippen molar-refractivity contribution in [2.75, 3.05) is 5.75 Å². The maximum absolute atomic E-state index is 12.2. The molecule has 0 aliphatic heterocycles. The van der Waals surface area contributed by atoms with E-state index in [-0.39, 0.29) is 17.5 Å². The third-order valence-electron chi connectivity index (χ3n) is 3.86. The lowest BCUT2D eigenvalue weighted by Gasteiger charge is -2.15. The molecule has 0 aliphatic carbocycles. The van der Waals surface area contributed by atoms with E-state index in [1.54, 1.807) is 10.5 Å². The summed E-state index contributed by atoms with van der Waals surface area (Å²) < 4.78 is 1.59. The molecule has 0 spiro atoms. The number of hydrogen-bond donors (Lipinski definition) is 1. The molecule has 3 aromatic rings. The Morgan fingerprint density at radius 3 is 2.96 bits per heavy atom. The van der Waals surface area contributed by atoms with E-state index in [1.165, 1.54) is 29.2 Å². The number of rotatable bonds is 6. The molecule has 0 bridgehead atoms. The molecule has 0 radical (unpaired) electrons. The van der Waals surface area contributed by atoms with Crippen LogP contribution in [-0.4, -0.2) is 21.0 Å². The van der Waals surface area contributed by atoms with E-state index in [2.05, 4.69) is 10.3 Å². The summed E-state index contributed by atoms with van der Waals surface area (Å²) in [5, 5.41) is 5.48. The number of thiazole rings is 1. The van der Waals surface area contributed by atoms with E-state index in [1.807, 2.05) is 37.4 Å². The number of nitrogens with zero attached hydrogens (tertiary/aromatic N) is 2. The minimum Gasteiger partial charge on any atom is -0.349 e. The molecule has 3 rings (SSSR count). The molecule has 1 unspecified atom stereocenters. The van der Waals surface area contributed by atoms with Crippen LogP contribution >= 0.6 is 34.7 Å². The molecular formula is C18H18ClN3O2S2. The van der Waals surface area contributed by atoms with Crippen molar-refractivity contribution in [3.8, 4) is 0 Å². The van der Waals surface area contributed by atoms with Gasteiger partial charge in [0, 0.05) is 27.9 Å². The maximum Gasteiger partial charge on any atom is 0.258 e. The third-order valence-corrected chi connectivity index (χ3v) is 6.11. The van der Waals surface area contributed by atoms with Crippen LogP contribution in [0.25, 0.3) is 4.96 Å². The number of benzene rings is 1. The molecule has 1 amide bonds. The van der Waals surface area contributed by atoms with Gasteiger partial charge in [0.1, 0.15) is 0 Å². The van der Waals surface area contributed by atoms with Gasteiger partial charge in [-0.25, -0.2) is 4.98 Å². The van der Waals surface area contributed by atoms with E-state index in [0.29, 0.717) is 27.2 Å². The van der Waals surface area contributed by atoms with Crippen LogP contribution < -0.4 is 10.9 Å². The van der Waals surface area contributed by atoms with Crippen molar-refractivity contribution < 1.29 is 4.79 Å². The van der Waals surface area contributed by atoms with Gasteiger partial charge in [-0.3, -0.25) is 14.0 Å². The summed E-state index contributed by atoms with van der Waals surface area (Å²) in [6, 6.07) is 8.83. The third kappa shape index (κ3) is 4.28. The Morgan fingerprint density at radius 2 is 2.19 bits per heavy atom. The smallest absolute Gasteiger partial charge is 0.258 e. The monoisotopic (exact) mass is 407 g/mol. The number of hydrogen-bond acceptors (Lipinski definition) is 5. The van der Waals surface area contributed by atoms with E-state index >= 15 is 0 Å². The van der Waals surface area contributed by atoms with Crippen molar-refractivity contribution in [1.82, 2.24) is 14.7 Å². The van der Waals surface area contributed by atoms with Gasteiger partial charge in [0.15, 0.2) is 4.96 Å². The lowest BCUT2D eigenvalue weighted by atomic mass is 10.1. The predicted octanol–water partition coefficient (Wildman–Crippen LogP) is 3.83. The number of fused-ring (bicyclic) bond motifs is 1. The molecule has 136 valence electrons. The number of amides is 1. The summed E-state index contributed by atoms with van der Waals surface area (Å²) in [6.07, 6.45) is 0. The summed E-state index contributed by atoms with van der Waals surface area (Å²) in [7, 11) is 0. The number of aryl methyl sites for hydroxylation is 1. The molecular weight excluding hydrogens is 390 g/mol. The Bertz CT molecular complexity index is 1000. The molecule has 1 atom stereocenters. The van der Waals surface area contributed by atoms with E-state index in [9.17, 15) is 9.59 Å². The molecule has 0 saturated carbocycles. The van der Waals surface area contributed by atoms with Crippen LogP contribution in [0.5, 0.6) is 0 Å². The van der Waals surface area contributed by atoms with Gasteiger partial charge >= 0.3 is 0 Å². The van der Waals surface area contributed by atoms with Crippen molar-refractivity contribution in [3.63, 3.8) is 0 Å². The number of nitrogens with one attached hydrogen (secondary N) is 1. The minimum absolute atomic E-state index is 0.0767. The van der Waals surface area contributed by atoms with Crippen molar-refractivity contribution in [2.45, 2.75) is 25.6 Å². The average Bonchev–Trinajstić information content (AvgIpc) is 2.96. The zero-order valence-corrected chi connectivity index (χ0v) is 16.7. The fraction of sp³-hybridized carbons (Fsp3) is 0.278. The number of carbonyl (C=O) groups is 1. The van der Waals surface area contributed by atoms with Crippen molar-refractivity contribution in [1.29, 1.82) is 0 Å². The van der Waals surface area contributed by atoms with Crippen molar-refractivity contribution >= 4 is 45.6 Å². The summed E-state index contributed by atoms with van der Waals surface area (Å²) in [6.45, 7) is 3.78.